The average molecular weight is 435 g/mol. The summed E-state index contributed by atoms with van der Waals surface area (Å²) in [6.45, 7) is 2.38. The minimum Gasteiger partial charge on any atom is -0.494 e. The van der Waals surface area contributed by atoms with Gasteiger partial charge in [-0.25, -0.2) is 9.37 Å². The van der Waals surface area contributed by atoms with E-state index in [-0.39, 0.29) is 22.5 Å². The van der Waals surface area contributed by atoms with Crippen LogP contribution in [0.2, 0.25) is 0 Å². The van der Waals surface area contributed by atoms with Gasteiger partial charge in [0.2, 0.25) is 5.89 Å². The highest BCUT2D eigenvalue weighted by Gasteiger charge is 2.13. The predicted octanol–water partition coefficient (Wildman–Crippen LogP) is 5.16. The van der Waals surface area contributed by atoms with Gasteiger partial charge in [-0.15, -0.1) is 0 Å². The van der Waals surface area contributed by atoms with Gasteiger partial charge >= 0.3 is 0 Å². The highest BCUT2D eigenvalue weighted by molar-refractivity contribution is 7.80. The Labute approximate surface area is 183 Å². The topological polar surface area (TPSA) is 76.4 Å². The van der Waals surface area contributed by atoms with E-state index in [2.05, 4.69) is 15.6 Å². The number of fused-ring (bicyclic) bond motifs is 1. The van der Waals surface area contributed by atoms with Gasteiger partial charge in [0, 0.05) is 11.3 Å². The number of carbonyl (C=O) groups is 1. The number of benzene rings is 3. The summed E-state index contributed by atoms with van der Waals surface area (Å²) in [5.41, 5.74) is 2.35. The molecule has 0 aliphatic rings. The van der Waals surface area contributed by atoms with Crippen molar-refractivity contribution in [2.75, 3.05) is 11.9 Å². The first kappa shape index (κ1) is 20.5. The van der Waals surface area contributed by atoms with Crippen LogP contribution >= 0.6 is 12.2 Å². The van der Waals surface area contributed by atoms with E-state index in [4.69, 9.17) is 21.4 Å². The zero-order chi connectivity index (χ0) is 21.8. The number of carbonyl (C=O) groups excluding carboxylic acids is 1. The molecule has 4 rings (SSSR count). The molecule has 156 valence electrons. The van der Waals surface area contributed by atoms with Crippen molar-refractivity contribution in [1.82, 2.24) is 10.3 Å². The smallest absolute Gasteiger partial charge is 0.257 e. The summed E-state index contributed by atoms with van der Waals surface area (Å²) in [5.74, 6) is 0.0274. The predicted molar refractivity (Wildman–Crippen MR) is 121 cm³/mol. The first-order valence-electron chi connectivity index (χ1n) is 9.54. The van der Waals surface area contributed by atoms with Gasteiger partial charge in [-0.1, -0.05) is 18.2 Å². The van der Waals surface area contributed by atoms with Crippen LogP contribution in [0.15, 0.2) is 71.1 Å². The Balaban J connectivity index is 1.47. The van der Waals surface area contributed by atoms with Crippen molar-refractivity contribution in [3.05, 3.63) is 78.1 Å². The fourth-order valence-electron chi connectivity index (χ4n) is 2.99. The quantitative estimate of drug-likeness (QED) is 0.422. The summed E-state index contributed by atoms with van der Waals surface area (Å²) >= 11 is 5.25. The molecule has 2 N–H and O–H groups in total. The monoisotopic (exact) mass is 435 g/mol. The Morgan fingerprint density at radius 1 is 1.13 bits per heavy atom. The number of nitrogens with one attached hydrogen (secondary N) is 2. The van der Waals surface area contributed by atoms with E-state index in [1.165, 1.54) is 6.07 Å². The fraction of sp³-hybridized carbons (Fsp3) is 0.0870. The van der Waals surface area contributed by atoms with Crippen LogP contribution in [-0.4, -0.2) is 22.6 Å². The number of nitrogens with zero attached hydrogens (tertiary/aromatic N) is 1. The molecule has 1 heterocycles. The van der Waals surface area contributed by atoms with E-state index in [1.54, 1.807) is 60.7 Å². The number of rotatable bonds is 5. The standard InChI is InChI=1S/C23H18FN3O3S/c1-2-29-16-7-5-6-14(12-16)21(28)27-23(31)25-15-10-11-20-19(13-15)26-22(30-20)17-8-3-4-9-18(17)24/h3-13H,2H2,1H3,(H2,25,27,28,31). The maximum absolute atomic E-state index is 14.0. The van der Waals surface area contributed by atoms with Gasteiger partial charge in [-0.3, -0.25) is 10.1 Å². The van der Waals surface area contributed by atoms with E-state index in [0.717, 1.165) is 0 Å². The number of ether oxygens (including phenoxy) is 1. The van der Waals surface area contributed by atoms with Gasteiger partial charge < -0.3 is 14.5 Å². The van der Waals surface area contributed by atoms with Crippen molar-refractivity contribution >= 4 is 40.0 Å². The summed E-state index contributed by atoms with van der Waals surface area (Å²) in [6.07, 6.45) is 0. The molecule has 31 heavy (non-hydrogen) atoms. The van der Waals surface area contributed by atoms with Crippen LogP contribution in [0, 0.1) is 5.82 Å². The van der Waals surface area contributed by atoms with E-state index in [0.29, 0.717) is 34.7 Å². The molecule has 1 amide bonds. The number of hydrogen-bond donors (Lipinski definition) is 2. The zero-order valence-electron chi connectivity index (χ0n) is 16.5. The van der Waals surface area contributed by atoms with E-state index >= 15 is 0 Å². The van der Waals surface area contributed by atoms with E-state index < -0.39 is 5.82 Å². The Morgan fingerprint density at radius 3 is 2.77 bits per heavy atom. The average Bonchev–Trinajstić information content (AvgIpc) is 3.17. The van der Waals surface area contributed by atoms with Crippen LogP contribution < -0.4 is 15.4 Å². The van der Waals surface area contributed by atoms with Crippen LogP contribution in [-0.2, 0) is 0 Å². The summed E-state index contributed by atoms with van der Waals surface area (Å²) in [4.78, 5) is 16.8. The molecule has 6 nitrogen and oxygen atoms in total. The Hall–Kier alpha value is -3.78. The second kappa shape index (κ2) is 8.93. The number of amides is 1. The molecule has 0 radical (unpaired) electrons. The summed E-state index contributed by atoms with van der Waals surface area (Å²) in [5, 5.41) is 5.71. The van der Waals surface area contributed by atoms with Crippen molar-refractivity contribution < 1.29 is 18.3 Å². The second-order valence-electron chi connectivity index (χ2n) is 6.55. The SMILES string of the molecule is CCOc1cccc(C(=O)NC(=S)Nc2ccc3oc(-c4ccccc4F)nc3c2)c1. The molecule has 4 aromatic rings. The molecule has 0 unspecified atom stereocenters. The molecule has 0 bridgehead atoms. The lowest BCUT2D eigenvalue weighted by molar-refractivity contribution is 0.0977. The van der Waals surface area contributed by atoms with Crippen molar-refractivity contribution in [2.24, 2.45) is 0 Å². The van der Waals surface area contributed by atoms with Gasteiger partial charge in [-0.05, 0) is 67.7 Å². The third-order valence-electron chi connectivity index (χ3n) is 4.38. The lowest BCUT2D eigenvalue weighted by Gasteiger charge is -2.10. The molecule has 1 aromatic heterocycles. The first-order valence-corrected chi connectivity index (χ1v) is 9.95. The van der Waals surface area contributed by atoms with Crippen LogP contribution in [0.1, 0.15) is 17.3 Å². The van der Waals surface area contributed by atoms with Crippen molar-refractivity contribution in [2.45, 2.75) is 6.92 Å². The Bertz CT molecular complexity index is 1270. The third-order valence-corrected chi connectivity index (χ3v) is 4.59. The van der Waals surface area contributed by atoms with Crippen molar-refractivity contribution in [1.29, 1.82) is 0 Å². The van der Waals surface area contributed by atoms with Crippen LogP contribution in [0.25, 0.3) is 22.6 Å². The molecule has 0 saturated carbocycles. The number of anilines is 1. The van der Waals surface area contributed by atoms with Crippen LogP contribution in [0.5, 0.6) is 5.75 Å². The lowest BCUT2D eigenvalue weighted by Crippen LogP contribution is -2.34. The Kier molecular flexibility index (Phi) is 5.90. The number of aromatic nitrogens is 1. The highest BCUT2D eigenvalue weighted by Crippen LogP contribution is 2.27. The molecule has 3 aromatic carbocycles. The van der Waals surface area contributed by atoms with Crippen molar-refractivity contribution in [3.63, 3.8) is 0 Å². The zero-order valence-corrected chi connectivity index (χ0v) is 17.3. The normalized spacial score (nSPS) is 10.6. The molecule has 0 aliphatic carbocycles. The molecule has 0 spiro atoms. The molecule has 8 heteroatoms. The molecular formula is C23H18FN3O3S. The Morgan fingerprint density at radius 2 is 1.97 bits per heavy atom. The molecule has 0 aliphatic heterocycles. The van der Waals surface area contributed by atoms with Gasteiger partial charge in [0.25, 0.3) is 5.91 Å². The lowest BCUT2D eigenvalue weighted by atomic mass is 10.2. The van der Waals surface area contributed by atoms with Crippen LogP contribution in [0.4, 0.5) is 10.1 Å². The van der Waals surface area contributed by atoms with Crippen molar-refractivity contribution in [3.8, 4) is 17.2 Å². The maximum atomic E-state index is 14.0. The first-order chi connectivity index (χ1) is 15.0. The van der Waals surface area contributed by atoms with Gasteiger partial charge in [0.1, 0.15) is 17.1 Å². The number of halogens is 1. The van der Waals surface area contributed by atoms with Gasteiger partial charge in [0.15, 0.2) is 10.7 Å². The molecule has 0 saturated heterocycles. The van der Waals surface area contributed by atoms with Gasteiger partial charge in [-0.2, -0.15) is 0 Å². The molecule has 0 fully saturated rings. The molecular weight excluding hydrogens is 417 g/mol. The minimum atomic E-state index is -0.412. The largest absolute Gasteiger partial charge is 0.494 e. The number of oxazole rings is 1. The highest BCUT2D eigenvalue weighted by atomic mass is 32.1. The minimum absolute atomic E-state index is 0.129. The number of thiocarbonyl (C=S) groups is 1. The second-order valence-corrected chi connectivity index (χ2v) is 6.96. The van der Waals surface area contributed by atoms with E-state index in [1.807, 2.05) is 6.92 Å². The maximum Gasteiger partial charge on any atom is 0.257 e. The third kappa shape index (κ3) is 4.70. The van der Waals surface area contributed by atoms with E-state index in [9.17, 15) is 9.18 Å². The number of hydrogen-bond acceptors (Lipinski definition) is 5. The summed E-state index contributed by atoms with van der Waals surface area (Å²) in [7, 11) is 0. The van der Waals surface area contributed by atoms with Crippen LogP contribution in [0.3, 0.4) is 0 Å². The summed E-state index contributed by atoms with van der Waals surface area (Å²) in [6, 6.07) is 18.2. The fourth-order valence-corrected chi connectivity index (χ4v) is 3.20. The summed E-state index contributed by atoms with van der Waals surface area (Å²) < 4.78 is 25.1. The van der Waals surface area contributed by atoms with Gasteiger partial charge in [0.05, 0.1) is 12.2 Å². The molecule has 0 atom stereocenters.